The molecule has 0 unspecified atom stereocenters. The predicted octanol–water partition coefficient (Wildman–Crippen LogP) is 7.21. The Morgan fingerprint density at radius 1 is 1.00 bits per heavy atom. The van der Waals surface area contributed by atoms with Crippen LogP contribution in [0.4, 0.5) is 5.82 Å². The fraction of sp³-hybridized carbons (Fsp3) is 0.306. The first-order valence-corrected chi connectivity index (χ1v) is 16.9. The van der Waals surface area contributed by atoms with Crippen molar-refractivity contribution in [2.75, 3.05) is 11.3 Å². The minimum atomic E-state index is -4.04. The lowest BCUT2D eigenvalue weighted by Gasteiger charge is -2.23. The molecule has 238 valence electrons. The highest BCUT2D eigenvalue weighted by atomic mass is 32.2. The average Bonchev–Trinajstić information content (AvgIpc) is 3.50. The molecular weight excluding hydrogens is 600 g/mol. The number of fused-ring (bicyclic) bond motifs is 1. The molecule has 3 heterocycles. The van der Waals surface area contributed by atoms with Crippen molar-refractivity contribution in [3.8, 4) is 16.9 Å². The molecule has 0 atom stereocenters. The maximum atomic E-state index is 13.8. The standard InChI is InChI=1S/C36H38N4O5S/c1-6-27-20-32(30-12-7-9-13-31(30)37-27)44-22-25-15-16-28(26(19-25)21-40-18-17-36(4,5)35(40)41)29-11-8-10-14-33(29)46(42,43)39-34-23(2)24(3)45-38-34/h7-16,19-20H,6,17-18,21-22H2,1-5H3,(H,38,39). The summed E-state index contributed by atoms with van der Waals surface area (Å²) in [6.07, 6.45) is 1.54. The van der Waals surface area contributed by atoms with Crippen molar-refractivity contribution < 1.29 is 22.5 Å². The van der Waals surface area contributed by atoms with Gasteiger partial charge in [0.15, 0.2) is 5.82 Å². The van der Waals surface area contributed by atoms with E-state index in [1.165, 1.54) is 0 Å². The topological polar surface area (TPSA) is 115 Å². The monoisotopic (exact) mass is 638 g/mol. The van der Waals surface area contributed by atoms with Crippen LogP contribution in [0.3, 0.4) is 0 Å². The molecule has 5 aromatic rings. The summed E-state index contributed by atoms with van der Waals surface area (Å²) in [5.41, 5.74) is 4.97. The van der Waals surface area contributed by atoms with Gasteiger partial charge in [-0.15, -0.1) is 0 Å². The van der Waals surface area contributed by atoms with Crippen LogP contribution in [0.1, 0.15) is 55.3 Å². The number of anilines is 1. The first-order chi connectivity index (χ1) is 22.0. The number of sulfonamides is 1. The molecule has 2 aromatic heterocycles. The number of nitrogens with zero attached hydrogens (tertiary/aromatic N) is 3. The van der Waals surface area contributed by atoms with Crippen LogP contribution in [0, 0.1) is 19.3 Å². The number of nitrogens with one attached hydrogen (secondary N) is 1. The minimum absolute atomic E-state index is 0.0786. The van der Waals surface area contributed by atoms with Gasteiger partial charge in [-0.25, -0.2) is 8.42 Å². The number of hydrogen-bond donors (Lipinski definition) is 1. The van der Waals surface area contributed by atoms with Crippen LogP contribution in [-0.4, -0.2) is 35.9 Å². The highest BCUT2D eigenvalue weighted by Gasteiger charge is 2.38. The zero-order chi connectivity index (χ0) is 32.6. The van der Waals surface area contributed by atoms with E-state index in [2.05, 4.69) is 16.8 Å². The molecule has 46 heavy (non-hydrogen) atoms. The fourth-order valence-corrected chi connectivity index (χ4v) is 7.09. The molecule has 9 nitrogen and oxygen atoms in total. The maximum absolute atomic E-state index is 13.8. The third-order valence-corrected chi connectivity index (χ3v) is 10.1. The highest BCUT2D eigenvalue weighted by Crippen LogP contribution is 2.36. The predicted molar refractivity (Wildman–Crippen MR) is 178 cm³/mol. The molecular formula is C36H38N4O5S. The molecule has 0 radical (unpaired) electrons. The Morgan fingerprint density at radius 2 is 1.76 bits per heavy atom. The Bertz CT molecular complexity index is 2050. The SMILES string of the molecule is CCc1cc(OCc2ccc(-c3ccccc3S(=O)(=O)Nc3noc(C)c3C)c(CN3CCC(C)(C)C3=O)c2)c2ccccc2n1. The van der Waals surface area contributed by atoms with Crippen LogP contribution in [0.25, 0.3) is 22.0 Å². The van der Waals surface area contributed by atoms with Crippen molar-refractivity contribution in [3.63, 3.8) is 0 Å². The zero-order valence-electron chi connectivity index (χ0n) is 26.8. The quantitative estimate of drug-likeness (QED) is 0.172. The number of rotatable bonds is 10. The largest absolute Gasteiger partial charge is 0.488 e. The summed E-state index contributed by atoms with van der Waals surface area (Å²) in [4.78, 5) is 20.0. The summed E-state index contributed by atoms with van der Waals surface area (Å²) in [7, 11) is -4.04. The van der Waals surface area contributed by atoms with Gasteiger partial charge < -0.3 is 14.2 Å². The van der Waals surface area contributed by atoms with Gasteiger partial charge >= 0.3 is 0 Å². The first-order valence-electron chi connectivity index (χ1n) is 15.4. The lowest BCUT2D eigenvalue weighted by Crippen LogP contribution is -2.30. The Kier molecular flexibility index (Phi) is 8.33. The van der Waals surface area contributed by atoms with E-state index >= 15 is 0 Å². The average molecular weight is 639 g/mol. The highest BCUT2D eigenvalue weighted by molar-refractivity contribution is 7.92. The smallest absolute Gasteiger partial charge is 0.263 e. The van der Waals surface area contributed by atoms with Gasteiger partial charge in [-0.2, -0.15) is 0 Å². The summed E-state index contributed by atoms with van der Waals surface area (Å²) in [5.74, 6) is 1.52. The van der Waals surface area contributed by atoms with Crippen molar-refractivity contribution in [2.24, 2.45) is 5.41 Å². The van der Waals surface area contributed by atoms with E-state index in [1.54, 1.807) is 32.0 Å². The van der Waals surface area contributed by atoms with Gasteiger partial charge in [0.05, 0.1) is 10.4 Å². The van der Waals surface area contributed by atoms with Crippen molar-refractivity contribution in [1.29, 1.82) is 0 Å². The second-order valence-electron chi connectivity index (χ2n) is 12.4. The summed E-state index contributed by atoms with van der Waals surface area (Å²) in [5, 5.41) is 4.83. The number of likely N-dealkylation sites (tertiary alicyclic amines) is 1. The molecule has 1 N–H and O–H groups in total. The number of benzene rings is 3. The molecule has 0 aliphatic carbocycles. The molecule has 6 rings (SSSR count). The normalized spacial score (nSPS) is 14.6. The van der Waals surface area contributed by atoms with Gasteiger partial charge in [-0.05, 0) is 67.6 Å². The van der Waals surface area contributed by atoms with Crippen LogP contribution in [0.5, 0.6) is 5.75 Å². The summed E-state index contributed by atoms with van der Waals surface area (Å²) >= 11 is 0. The number of hydrogen-bond acceptors (Lipinski definition) is 7. The Balaban J connectivity index is 1.38. The number of amides is 1. The van der Waals surface area contributed by atoms with Gasteiger partial charge in [0.1, 0.15) is 18.1 Å². The summed E-state index contributed by atoms with van der Waals surface area (Å²) in [6, 6.07) is 22.6. The Labute approximate surface area is 269 Å². The van der Waals surface area contributed by atoms with Gasteiger partial charge in [0.2, 0.25) is 5.91 Å². The van der Waals surface area contributed by atoms with Crippen molar-refractivity contribution in [1.82, 2.24) is 15.0 Å². The van der Waals surface area contributed by atoms with Crippen LogP contribution in [0.15, 0.2) is 82.2 Å². The molecule has 1 saturated heterocycles. The number of carbonyl (C=O) groups is 1. The van der Waals surface area contributed by atoms with E-state index in [0.29, 0.717) is 30.0 Å². The van der Waals surface area contributed by atoms with E-state index in [1.807, 2.05) is 73.3 Å². The Hall–Kier alpha value is -4.70. The second-order valence-corrected chi connectivity index (χ2v) is 14.1. The molecule has 1 aliphatic rings. The molecule has 0 spiro atoms. The molecule has 0 saturated carbocycles. The maximum Gasteiger partial charge on any atom is 0.263 e. The molecule has 1 amide bonds. The number of para-hydroxylation sites is 1. The van der Waals surface area contributed by atoms with Crippen molar-refractivity contribution in [3.05, 3.63) is 101 Å². The lowest BCUT2D eigenvalue weighted by atomic mass is 9.92. The van der Waals surface area contributed by atoms with Gasteiger partial charge in [0.25, 0.3) is 10.0 Å². The van der Waals surface area contributed by atoms with E-state index < -0.39 is 15.4 Å². The minimum Gasteiger partial charge on any atom is -0.488 e. The summed E-state index contributed by atoms with van der Waals surface area (Å²) < 4.78 is 41.7. The number of pyridine rings is 1. The van der Waals surface area contributed by atoms with E-state index in [4.69, 9.17) is 14.2 Å². The van der Waals surface area contributed by atoms with Gasteiger partial charge in [-0.1, -0.05) is 68.4 Å². The lowest BCUT2D eigenvalue weighted by molar-refractivity contribution is -0.135. The molecule has 10 heteroatoms. The summed E-state index contributed by atoms with van der Waals surface area (Å²) in [6.45, 7) is 10.7. The third-order valence-electron chi connectivity index (χ3n) is 8.75. The van der Waals surface area contributed by atoms with Gasteiger partial charge in [-0.3, -0.25) is 14.5 Å². The van der Waals surface area contributed by atoms with Crippen LogP contribution in [0.2, 0.25) is 0 Å². The Morgan fingerprint density at radius 3 is 2.48 bits per heavy atom. The van der Waals surface area contributed by atoms with E-state index in [9.17, 15) is 13.2 Å². The van der Waals surface area contributed by atoms with Crippen LogP contribution < -0.4 is 9.46 Å². The third kappa shape index (κ3) is 6.09. The molecule has 1 fully saturated rings. The van der Waals surface area contributed by atoms with Gasteiger partial charge in [0, 0.05) is 46.8 Å². The molecule has 3 aromatic carbocycles. The second kappa shape index (κ2) is 12.2. The fourth-order valence-electron chi connectivity index (χ4n) is 5.81. The molecule has 1 aliphatic heterocycles. The van der Waals surface area contributed by atoms with Crippen LogP contribution >= 0.6 is 0 Å². The number of aromatic nitrogens is 2. The first kappa shape index (κ1) is 31.3. The van der Waals surface area contributed by atoms with Crippen LogP contribution in [-0.2, 0) is 34.4 Å². The number of carbonyl (C=O) groups excluding carboxylic acids is 1. The number of aryl methyl sites for hydroxylation is 2. The van der Waals surface area contributed by atoms with Crippen molar-refractivity contribution in [2.45, 2.75) is 65.5 Å². The van der Waals surface area contributed by atoms with E-state index in [-0.39, 0.29) is 23.2 Å². The van der Waals surface area contributed by atoms with Crippen molar-refractivity contribution >= 4 is 32.7 Å². The van der Waals surface area contributed by atoms with E-state index in [0.717, 1.165) is 51.9 Å². The molecule has 0 bridgehead atoms. The zero-order valence-corrected chi connectivity index (χ0v) is 27.6. The number of ether oxygens (including phenoxy) is 1.